The van der Waals surface area contributed by atoms with Gasteiger partial charge in [0.15, 0.2) is 0 Å². The number of aromatic nitrogens is 2. The second kappa shape index (κ2) is 4.60. The molecule has 0 aromatic carbocycles. The van der Waals surface area contributed by atoms with Gasteiger partial charge in [0.2, 0.25) is 0 Å². The molecule has 0 unspecified atom stereocenters. The number of aryl methyl sites for hydroxylation is 1. The second-order valence-corrected chi connectivity index (χ2v) is 4.33. The van der Waals surface area contributed by atoms with Crippen LogP contribution >= 0.6 is 0 Å². The molecule has 0 fully saturated rings. The van der Waals surface area contributed by atoms with Crippen LogP contribution in [0.3, 0.4) is 0 Å². The summed E-state index contributed by atoms with van der Waals surface area (Å²) < 4.78 is 1.96. The molecular formula is C11H21N3. The normalized spacial score (nSPS) is 12.0. The molecule has 0 aliphatic rings. The van der Waals surface area contributed by atoms with E-state index in [1.165, 1.54) is 5.69 Å². The molecule has 0 amide bonds. The molecule has 80 valence electrons. The lowest BCUT2D eigenvalue weighted by Gasteiger charge is -2.24. The number of rotatable bonds is 5. The van der Waals surface area contributed by atoms with Gasteiger partial charge in [-0.15, -0.1) is 0 Å². The Morgan fingerprint density at radius 1 is 1.50 bits per heavy atom. The Hall–Kier alpha value is -0.830. The van der Waals surface area contributed by atoms with Crippen molar-refractivity contribution < 1.29 is 0 Å². The van der Waals surface area contributed by atoms with E-state index in [-0.39, 0.29) is 5.41 Å². The summed E-state index contributed by atoms with van der Waals surface area (Å²) in [5.41, 5.74) is 1.50. The SMILES string of the molecule is CCNCCC(C)(C)c1ccnn1C. The van der Waals surface area contributed by atoms with Gasteiger partial charge in [0.05, 0.1) is 0 Å². The molecule has 0 bridgehead atoms. The highest BCUT2D eigenvalue weighted by Gasteiger charge is 2.22. The zero-order valence-corrected chi connectivity index (χ0v) is 9.67. The molecule has 1 heterocycles. The average molecular weight is 195 g/mol. The van der Waals surface area contributed by atoms with Gasteiger partial charge in [0.1, 0.15) is 0 Å². The molecule has 1 aromatic rings. The first-order valence-corrected chi connectivity index (χ1v) is 5.27. The van der Waals surface area contributed by atoms with Crippen molar-refractivity contribution in [3.8, 4) is 0 Å². The lowest BCUT2D eigenvalue weighted by molar-refractivity contribution is 0.428. The molecule has 0 aliphatic heterocycles. The van der Waals surface area contributed by atoms with Gasteiger partial charge in [-0.3, -0.25) is 4.68 Å². The van der Waals surface area contributed by atoms with Crippen molar-refractivity contribution in [1.82, 2.24) is 15.1 Å². The Labute approximate surface area is 86.5 Å². The van der Waals surface area contributed by atoms with E-state index in [9.17, 15) is 0 Å². The van der Waals surface area contributed by atoms with Gasteiger partial charge in [0.25, 0.3) is 0 Å². The second-order valence-electron chi connectivity index (χ2n) is 4.33. The van der Waals surface area contributed by atoms with Crippen LogP contribution in [-0.2, 0) is 12.5 Å². The number of hydrogen-bond acceptors (Lipinski definition) is 2. The van der Waals surface area contributed by atoms with E-state index in [0.717, 1.165) is 19.5 Å². The average Bonchev–Trinajstić information content (AvgIpc) is 2.52. The van der Waals surface area contributed by atoms with E-state index in [0.29, 0.717) is 0 Å². The summed E-state index contributed by atoms with van der Waals surface area (Å²) in [7, 11) is 2.00. The van der Waals surface area contributed by atoms with Crippen molar-refractivity contribution in [2.75, 3.05) is 13.1 Å². The van der Waals surface area contributed by atoms with Gasteiger partial charge in [-0.05, 0) is 25.6 Å². The number of hydrogen-bond donors (Lipinski definition) is 1. The van der Waals surface area contributed by atoms with Crippen molar-refractivity contribution in [1.29, 1.82) is 0 Å². The summed E-state index contributed by atoms with van der Waals surface area (Å²) >= 11 is 0. The van der Waals surface area contributed by atoms with Crippen LogP contribution in [0.2, 0.25) is 0 Å². The van der Waals surface area contributed by atoms with Crippen LogP contribution in [0.4, 0.5) is 0 Å². The van der Waals surface area contributed by atoms with Gasteiger partial charge in [-0.25, -0.2) is 0 Å². The maximum absolute atomic E-state index is 4.21. The highest BCUT2D eigenvalue weighted by atomic mass is 15.3. The lowest BCUT2D eigenvalue weighted by atomic mass is 9.85. The molecule has 1 N–H and O–H groups in total. The third-order valence-corrected chi connectivity index (χ3v) is 2.69. The molecule has 1 aromatic heterocycles. The van der Waals surface area contributed by atoms with Gasteiger partial charge < -0.3 is 5.32 Å². The fourth-order valence-electron chi connectivity index (χ4n) is 1.74. The van der Waals surface area contributed by atoms with Crippen molar-refractivity contribution in [3.63, 3.8) is 0 Å². The van der Waals surface area contributed by atoms with E-state index < -0.39 is 0 Å². The standard InChI is InChI=1S/C11H21N3/c1-5-12-9-7-11(2,3)10-6-8-13-14(10)4/h6,8,12H,5,7,9H2,1-4H3. The molecule has 1 rings (SSSR count). The summed E-state index contributed by atoms with van der Waals surface area (Å²) in [4.78, 5) is 0. The van der Waals surface area contributed by atoms with E-state index in [2.05, 4.69) is 37.3 Å². The number of nitrogens with zero attached hydrogens (tertiary/aromatic N) is 2. The summed E-state index contributed by atoms with van der Waals surface area (Å²) in [5, 5.41) is 7.56. The largest absolute Gasteiger partial charge is 0.317 e. The van der Waals surface area contributed by atoms with E-state index in [4.69, 9.17) is 0 Å². The Morgan fingerprint density at radius 2 is 2.21 bits per heavy atom. The maximum atomic E-state index is 4.21. The maximum Gasteiger partial charge on any atom is 0.0492 e. The van der Waals surface area contributed by atoms with E-state index >= 15 is 0 Å². The Balaban J connectivity index is 2.61. The van der Waals surface area contributed by atoms with Crippen LogP contribution in [0.25, 0.3) is 0 Å². The third kappa shape index (κ3) is 2.58. The predicted molar refractivity (Wildman–Crippen MR) is 59.4 cm³/mol. The molecule has 3 nitrogen and oxygen atoms in total. The highest BCUT2D eigenvalue weighted by Crippen LogP contribution is 2.25. The van der Waals surface area contributed by atoms with Crippen molar-refractivity contribution >= 4 is 0 Å². The minimum absolute atomic E-state index is 0.202. The molecule has 0 radical (unpaired) electrons. The van der Waals surface area contributed by atoms with E-state index in [1.807, 2.05) is 17.9 Å². The zero-order chi connectivity index (χ0) is 10.6. The summed E-state index contributed by atoms with van der Waals surface area (Å²) in [6.45, 7) is 8.77. The summed E-state index contributed by atoms with van der Waals surface area (Å²) in [6, 6.07) is 2.10. The fourth-order valence-corrected chi connectivity index (χ4v) is 1.74. The third-order valence-electron chi connectivity index (χ3n) is 2.69. The first-order valence-electron chi connectivity index (χ1n) is 5.27. The van der Waals surface area contributed by atoms with Crippen LogP contribution in [0, 0.1) is 0 Å². The molecule has 14 heavy (non-hydrogen) atoms. The Kier molecular flexibility index (Phi) is 3.69. The van der Waals surface area contributed by atoms with Gasteiger partial charge in [0, 0.05) is 24.4 Å². The minimum Gasteiger partial charge on any atom is -0.317 e. The minimum atomic E-state index is 0.202. The molecule has 0 spiro atoms. The van der Waals surface area contributed by atoms with Crippen molar-refractivity contribution in [2.45, 2.75) is 32.6 Å². The van der Waals surface area contributed by atoms with E-state index in [1.54, 1.807) is 0 Å². The molecule has 0 atom stereocenters. The van der Waals surface area contributed by atoms with Crippen LogP contribution in [0.1, 0.15) is 32.9 Å². The van der Waals surface area contributed by atoms with Crippen molar-refractivity contribution in [3.05, 3.63) is 18.0 Å². The van der Waals surface area contributed by atoms with Gasteiger partial charge >= 0.3 is 0 Å². The van der Waals surface area contributed by atoms with Gasteiger partial charge in [-0.2, -0.15) is 5.10 Å². The topological polar surface area (TPSA) is 29.9 Å². The molecular weight excluding hydrogens is 174 g/mol. The summed E-state index contributed by atoms with van der Waals surface area (Å²) in [5.74, 6) is 0. The molecule has 0 saturated heterocycles. The Morgan fingerprint density at radius 3 is 2.71 bits per heavy atom. The van der Waals surface area contributed by atoms with Crippen LogP contribution in [0.5, 0.6) is 0 Å². The van der Waals surface area contributed by atoms with Crippen LogP contribution in [0.15, 0.2) is 12.3 Å². The zero-order valence-electron chi connectivity index (χ0n) is 9.67. The fraction of sp³-hybridized carbons (Fsp3) is 0.727. The first kappa shape index (κ1) is 11.2. The monoisotopic (exact) mass is 195 g/mol. The molecule has 0 saturated carbocycles. The van der Waals surface area contributed by atoms with Crippen LogP contribution < -0.4 is 5.32 Å². The Bertz CT molecular complexity index is 276. The molecule has 3 heteroatoms. The molecule has 0 aliphatic carbocycles. The lowest BCUT2D eigenvalue weighted by Crippen LogP contribution is -2.27. The van der Waals surface area contributed by atoms with Crippen LogP contribution in [-0.4, -0.2) is 22.9 Å². The summed E-state index contributed by atoms with van der Waals surface area (Å²) in [6.07, 6.45) is 3.00. The first-order chi connectivity index (χ1) is 6.58. The smallest absolute Gasteiger partial charge is 0.0492 e. The van der Waals surface area contributed by atoms with Gasteiger partial charge in [-0.1, -0.05) is 20.8 Å². The van der Waals surface area contributed by atoms with Crippen molar-refractivity contribution in [2.24, 2.45) is 7.05 Å². The quantitative estimate of drug-likeness (QED) is 0.725. The highest BCUT2D eigenvalue weighted by molar-refractivity contribution is 5.13. The predicted octanol–water partition coefficient (Wildman–Crippen LogP) is 1.70. The number of nitrogens with one attached hydrogen (secondary N) is 1.